The van der Waals surface area contributed by atoms with Crippen molar-refractivity contribution in [3.8, 4) is 0 Å². The molecule has 182 valence electrons. The highest BCUT2D eigenvalue weighted by Crippen LogP contribution is 2.32. The minimum atomic E-state index is -0.262. The van der Waals surface area contributed by atoms with E-state index in [-0.39, 0.29) is 5.91 Å². The van der Waals surface area contributed by atoms with Crippen LogP contribution in [0.2, 0.25) is 10.0 Å². The van der Waals surface area contributed by atoms with E-state index in [9.17, 15) is 9.59 Å². The number of anilines is 2. The van der Waals surface area contributed by atoms with Gasteiger partial charge in [0.15, 0.2) is 5.82 Å². The second-order valence-corrected chi connectivity index (χ2v) is 10.5. The highest BCUT2D eigenvalue weighted by Gasteiger charge is 2.26. The summed E-state index contributed by atoms with van der Waals surface area (Å²) in [6.45, 7) is 3.76. The third kappa shape index (κ3) is 6.71. The molecular weight excluding hydrogens is 471 g/mol. The third-order valence-electron chi connectivity index (χ3n) is 6.84. The second kappa shape index (κ2) is 11.5. The summed E-state index contributed by atoms with van der Waals surface area (Å²) in [5.74, 6) is 1.76. The second-order valence-electron chi connectivity index (χ2n) is 9.64. The van der Waals surface area contributed by atoms with E-state index in [1.807, 2.05) is 0 Å². The molecule has 1 amide bonds. The Morgan fingerprint density at radius 3 is 2.53 bits per heavy atom. The number of nitrogens with zero attached hydrogens (tertiary/aromatic N) is 3. The first-order chi connectivity index (χ1) is 16.4. The third-order valence-corrected chi connectivity index (χ3v) is 7.28. The van der Waals surface area contributed by atoms with Gasteiger partial charge < -0.3 is 15.1 Å². The van der Waals surface area contributed by atoms with E-state index in [4.69, 9.17) is 23.2 Å². The number of nitrogens with one attached hydrogen (secondary N) is 1. The smallest absolute Gasteiger partial charge is 0.255 e. The molecule has 1 unspecified atom stereocenters. The zero-order valence-electron chi connectivity index (χ0n) is 19.6. The molecule has 2 fully saturated rings. The van der Waals surface area contributed by atoms with E-state index in [2.05, 4.69) is 27.1 Å². The Bertz CT molecular complexity index is 1020. The van der Waals surface area contributed by atoms with Crippen molar-refractivity contribution in [1.82, 2.24) is 9.88 Å². The van der Waals surface area contributed by atoms with E-state index < -0.39 is 0 Å². The van der Waals surface area contributed by atoms with Crippen molar-refractivity contribution in [2.75, 3.05) is 43.4 Å². The van der Waals surface area contributed by atoms with Crippen LogP contribution in [0.4, 0.5) is 11.5 Å². The monoisotopic (exact) mass is 502 g/mol. The van der Waals surface area contributed by atoms with Crippen LogP contribution in [0.25, 0.3) is 0 Å². The summed E-state index contributed by atoms with van der Waals surface area (Å²) in [7, 11) is 2.14. The molecule has 4 rings (SSSR count). The molecule has 0 spiro atoms. The zero-order chi connectivity index (χ0) is 24.1. The van der Waals surface area contributed by atoms with E-state index in [0.717, 1.165) is 39.0 Å². The molecule has 34 heavy (non-hydrogen) atoms. The number of halogens is 2. The van der Waals surface area contributed by atoms with Gasteiger partial charge in [-0.1, -0.05) is 29.3 Å². The van der Waals surface area contributed by atoms with Gasteiger partial charge in [-0.05, 0) is 75.4 Å². The Balaban J connectivity index is 1.34. The van der Waals surface area contributed by atoms with E-state index in [1.54, 1.807) is 36.5 Å². The summed E-state index contributed by atoms with van der Waals surface area (Å²) in [6.07, 6.45) is 7.20. The number of carbonyl (C=O) groups is 2. The first-order valence-electron chi connectivity index (χ1n) is 12.0. The van der Waals surface area contributed by atoms with Gasteiger partial charge in [0, 0.05) is 49.3 Å². The molecule has 0 bridgehead atoms. The minimum absolute atomic E-state index is 0.262. The topological polar surface area (TPSA) is 65.5 Å². The SMILES string of the molecule is CN1CCCC(CC(=O)CC2CCN(c3ncc(Cl)cc3NC(=O)c3cccc(Cl)c3)CC2)C1. The highest BCUT2D eigenvalue weighted by molar-refractivity contribution is 6.31. The average Bonchev–Trinajstić information content (AvgIpc) is 2.80. The van der Waals surface area contributed by atoms with Crippen LogP contribution in [-0.2, 0) is 4.79 Å². The number of Topliss-reactive ketones (excluding diaryl/α,β-unsaturated/α-hetero) is 1. The predicted octanol–water partition coefficient (Wildman–Crippen LogP) is 5.55. The standard InChI is InChI=1S/C26H32Cl2N4O2/c1-31-9-3-4-19(17-31)13-23(33)12-18-7-10-32(11-8-18)25-24(15-22(28)16-29-25)30-26(34)20-5-2-6-21(27)14-20/h2,5-6,14-16,18-19H,3-4,7-13,17H2,1H3,(H,30,34). The normalized spacial score (nSPS) is 19.7. The number of benzene rings is 1. The molecule has 3 heterocycles. The molecule has 0 saturated carbocycles. The molecule has 2 aliphatic rings. The number of carbonyl (C=O) groups excluding carboxylic acids is 2. The van der Waals surface area contributed by atoms with Crippen molar-refractivity contribution in [3.63, 3.8) is 0 Å². The van der Waals surface area contributed by atoms with Gasteiger partial charge in [0.05, 0.1) is 10.7 Å². The minimum Gasteiger partial charge on any atom is -0.355 e. The molecule has 8 heteroatoms. The molecule has 1 aromatic heterocycles. The molecule has 2 aromatic rings. The lowest BCUT2D eigenvalue weighted by molar-refractivity contribution is -0.121. The summed E-state index contributed by atoms with van der Waals surface area (Å²) in [6, 6.07) is 8.54. The number of piperidine rings is 2. The van der Waals surface area contributed by atoms with Crippen molar-refractivity contribution in [2.45, 2.75) is 38.5 Å². The maximum Gasteiger partial charge on any atom is 0.255 e. The van der Waals surface area contributed by atoms with E-state index in [0.29, 0.717) is 57.6 Å². The Labute approximate surface area is 211 Å². The Morgan fingerprint density at radius 1 is 1.03 bits per heavy atom. The molecular formula is C26H32Cl2N4O2. The van der Waals surface area contributed by atoms with Gasteiger partial charge >= 0.3 is 0 Å². The van der Waals surface area contributed by atoms with Crippen LogP contribution in [0, 0.1) is 11.8 Å². The van der Waals surface area contributed by atoms with Gasteiger partial charge in [-0.2, -0.15) is 0 Å². The summed E-state index contributed by atoms with van der Waals surface area (Å²) in [5, 5.41) is 3.90. The van der Waals surface area contributed by atoms with Crippen molar-refractivity contribution in [2.24, 2.45) is 11.8 Å². The van der Waals surface area contributed by atoms with Gasteiger partial charge in [0.1, 0.15) is 5.78 Å². The zero-order valence-corrected chi connectivity index (χ0v) is 21.1. The molecule has 6 nitrogen and oxygen atoms in total. The average molecular weight is 503 g/mol. The number of likely N-dealkylation sites (tertiary alicyclic amines) is 1. The number of hydrogen-bond donors (Lipinski definition) is 1. The van der Waals surface area contributed by atoms with Gasteiger partial charge in [-0.3, -0.25) is 9.59 Å². The summed E-state index contributed by atoms with van der Waals surface area (Å²) >= 11 is 12.2. The lowest BCUT2D eigenvalue weighted by Gasteiger charge is -2.34. The Hall–Kier alpha value is -2.15. The van der Waals surface area contributed by atoms with Crippen molar-refractivity contribution < 1.29 is 9.59 Å². The van der Waals surface area contributed by atoms with E-state index in [1.165, 1.54) is 12.8 Å². The molecule has 2 aliphatic heterocycles. The summed E-state index contributed by atoms with van der Waals surface area (Å²) < 4.78 is 0. The maximum atomic E-state index is 12.8. The lowest BCUT2D eigenvalue weighted by atomic mass is 9.86. The van der Waals surface area contributed by atoms with Crippen LogP contribution in [0.15, 0.2) is 36.5 Å². The molecule has 1 aromatic carbocycles. The largest absolute Gasteiger partial charge is 0.355 e. The maximum absolute atomic E-state index is 12.8. The van der Waals surface area contributed by atoms with E-state index >= 15 is 0 Å². The van der Waals surface area contributed by atoms with Crippen LogP contribution >= 0.6 is 23.2 Å². The van der Waals surface area contributed by atoms with Crippen molar-refractivity contribution in [3.05, 3.63) is 52.1 Å². The number of amides is 1. The van der Waals surface area contributed by atoms with Gasteiger partial charge in [-0.25, -0.2) is 4.98 Å². The molecule has 1 atom stereocenters. The van der Waals surface area contributed by atoms with Crippen molar-refractivity contribution >= 4 is 46.4 Å². The summed E-state index contributed by atoms with van der Waals surface area (Å²) in [5.41, 5.74) is 1.05. The molecule has 0 aliphatic carbocycles. The number of aromatic nitrogens is 1. The van der Waals surface area contributed by atoms with Gasteiger partial charge in [-0.15, -0.1) is 0 Å². The van der Waals surface area contributed by atoms with Crippen LogP contribution in [0.1, 0.15) is 48.9 Å². The van der Waals surface area contributed by atoms with Crippen LogP contribution in [-0.4, -0.2) is 54.8 Å². The summed E-state index contributed by atoms with van der Waals surface area (Å²) in [4.78, 5) is 34.5. The quantitative estimate of drug-likeness (QED) is 0.537. The lowest BCUT2D eigenvalue weighted by Crippen LogP contribution is -2.36. The van der Waals surface area contributed by atoms with Crippen LogP contribution in [0.3, 0.4) is 0 Å². The molecule has 0 radical (unpaired) electrons. The first kappa shape index (κ1) is 25.0. The Kier molecular flexibility index (Phi) is 8.46. The van der Waals surface area contributed by atoms with Gasteiger partial charge in [0.2, 0.25) is 0 Å². The number of pyridine rings is 1. The Morgan fingerprint density at radius 2 is 1.79 bits per heavy atom. The van der Waals surface area contributed by atoms with Crippen LogP contribution < -0.4 is 10.2 Å². The first-order valence-corrected chi connectivity index (χ1v) is 12.8. The number of hydrogen-bond acceptors (Lipinski definition) is 5. The van der Waals surface area contributed by atoms with Gasteiger partial charge in [0.25, 0.3) is 5.91 Å². The predicted molar refractivity (Wildman–Crippen MR) is 138 cm³/mol. The fourth-order valence-electron chi connectivity index (χ4n) is 5.12. The molecule has 1 N–H and O–H groups in total. The van der Waals surface area contributed by atoms with Crippen LogP contribution in [0.5, 0.6) is 0 Å². The number of rotatable bonds is 7. The van der Waals surface area contributed by atoms with Crippen molar-refractivity contribution in [1.29, 1.82) is 0 Å². The fraction of sp³-hybridized carbons (Fsp3) is 0.500. The number of ketones is 1. The fourth-order valence-corrected chi connectivity index (χ4v) is 5.46. The highest BCUT2D eigenvalue weighted by atomic mass is 35.5. The molecule has 2 saturated heterocycles.